The van der Waals surface area contributed by atoms with Crippen LogP contribution in [0.25, 0.3) is 23.9 Å². The number of hydrogen-bond acceptors (Lipinski definition) is 1. The first-order chi connectivity index (χ1) is 11.8. The summed E-state index contributed by atoms with van der Waals surface area (Å²) in [5, 5.41) is -0.546. The van der Waals surface area contributed by atoms with Crippen LogP contribution in [0, 0.1) is 0 Å². The van der Waals surface area contributed by atoms with Gasteiger partial charge in [0, 0.05) is 32.9 Å². The van der Waals surface area contributed by atoms with E-state index in [1.165, 1.54) is 0 Å². The largest absolute Gasteiger partial charge is 0.348 e. The van der Waals surface area contributed by atoms with Crippen molar-refractivity contribution in [3.8, 4) is 0 Å². The third kappa shape index (κ3) is 3.33. The van der Waals surface area contributed by atoms with Crippen molar-refractivity contribution in [2.24, 2.45) is 0 Å². The summed E-state index contributed by atoms with van der Waals surface area (Å²) >= 11 is 0.250. The van der Waals surface area contributed by atoms with E-state index in [2.05, 4.69) is 13.2 Å². The van der Waals surface area contributed by atoms with Crippen LogP contribution in [-0.2, 0) is 6.54 Å². The molecule has 130 valence electrons. The Bertz CT molecular complexity index is 964. The smallest absolute Gasteiger partial charge is 0.337 e. The molecule has 1 aromatic heterocycles. The van der Waals surface area contributed by atoms with Gasteiger partial charge in [-0.3, -0.25) is 0 Å². The predicted molar refractivity (Wildman–Crippen MR) is 100 cm³/mol. The number of hydrogen-bond donors (Lipinski definition) is 0. The molecule has 0 saturated carbocycles. The van der Waals surface area contributed by atoms with E-state index in [1.54, 1.807) is 23.6 Å². The van der Waals surface area contributed by atoms with Crippen LogP contribution in [0.1, 0.15) is 13.3 Å². The molecule has 3 rings (SSSR count). The molecule has 1 nitrogen and oxygen atoms in total. The summed E-state index contributed by atoms with van der Waals surface area (Å²) in [6.45, 7) is 9.66. The van der Waals surface area contributed by atoms with E-state index in [1.807, 2.05) is 24.3 Å². The first kappa shape index (κ1) is 17.7. The number of benzene rings is 1. The number of nitrogens with zero attached hydrogens (tertiary/aromatic N) is 1. The average Bonchev–Trinajstić information content (AvgIpc) is 3.08. The summed E-state index contributed by atoms with van der Waals surface area (Å²) in [6, 6.07) is 7.50. The van der Waals surface area contributed by atoms with E-state index in [0.29, 0.717) is 22.0 Å². The minimum atomic E-state index is -3.60. The van der Waals surface area contributed by atoms with Gasteiger partial charge in [0.2, 0.25) is 0 Å². The molecule has 1 aliphatic carbocycles. The van der Waals surface area contributed by atoms with Gasteiger partial charge in [0.1, 0.15) is 0 Å². The third-order valence-corrected chi connectivity index (χ3v) is 5.44. The van der Waals surface area contributed by atoms with E-state index in [9.17, 15) is 13.2 Å². The third-order valence-electron chi connectivity index (χ3n) is 4.28. The fourth-order valence-electron chi connectivity index (χ4n) is 2.84. The molecule has 5 heteroatoms. The number of fused-ring (bicyclic) bond motifs is 1. The van der Waals surface area contributed by atoms with Gasteiger partial charge in [0.05, 0.1) is 0 Å². The number of halogens is 3. The number of aromatic nitrogens is 1. The second-order valence-electron chi connectivity index (χ2n) is 5.97. The van der Waals surface area contributed by atoms with Gasteiger partial charge in [-0.1, -0.05) is 55.1 Å². The van der Waals surface area contributed by atoms with Crippen LogP contribution in [-0.4, -0.2) is 9.82 Å². The molecule has 0 unspecified atom stereocenters. The SMILES string of the molecule is C=c1c2ccccc2c(=C)n1C/C=C(\F)C(F)(F)SC1=C(C)CC=C1. The second kappa shape index (κ2) is 6.64. The lowest BCUT2D eigenvalue weighted by molar-refractivity contribution is 0.119. The zero-order valence-corrected chi connectivity index (χ0v) is 14.7. The standard InChI is InChI=1S/C20H18F3NS/c1-13-7-6-10-18(13)25-20(22,23)19(21)11-12-24-14(2)16-8-4-5-9-17(16)15(24)3/h4-6,8-11H,2-3,7,12H2,1H3/b19-11-. The number of rotatable bonds is 5. The minimum Gasteiger partial charge on any atom is -0.337 e. The summed E-state index contributed by atoms with van der Waals surface area (Å²) in [5.41, 5.74) is 0.828. The Morgan fingerprint density at radius 3 is 2.36 bits per heavy atom. The lowest BCUT2D eigenvalue weighted by atomic mass is 10.2. The molecule has 0 bridgehead atoms. The van der Waals surface area contributed by atoms with Crippen LogP contribution in [0.4, 0.5) is 13.2 Å². The highest BCUT2D eigenvalue weighted by molar-refractivity contribution is 8.04. The number of thioether (sulfide) groups is 1. The fraction of sp³-hybridized carbons (Fsp3) is 0.200. The minimum absolute atomic E-state index is 0.0395. The molecule has 0 amide bonds. The van der Waals surface area contributed by atoms with Gasteiger partial charge in [-0.25, -0.2) is 4.39 Å². The topological polar surface area (TPSA) is 4.93 Å². The summed E-state index contributed by atoms with van der Waals surface area (Å²) in [4.78, 5) is 0.427. The van der Waals surface area contributed by atoms with Gasteiger partial charge in [0.25, 0.3) is 0 Å². The molecule has 0 radical (unpaired) electrons. The van der Waals surface area contributed by atoms with Crippen molar-refractivity contribution in [3.05, 3.63) is 69.5 Å². The monoisotopic (exact) mass is 361 g/mol. The molecule has 0 spiro atoms. The molecule has 0 fully saturated rings. The summed E-state index contributed by atoms with van der Waals surface area (Å²) in [5.74, 6) is -1.45. The Balaban J connectivity index is 1.86. The van der Waals surface area contributed by atoms with Gasteiger partial charge >= 0.3 is 5.25 Å². The predicted octanol–water partition coefficient (Wildman–Crippen LogP) is 4.88. The second-order valence-corrected chi connectivity index (χ2v) is 7.13. The van der Waals surface area contributed by atoms with Crippen LogP contribution in [0.15, 0.2) is 58.8 Å². The molecule has 0 saturated heterocycles. The lowest BCUT2D eigenvalue weighted by Gasteiger charge is -2.14. The molecule has 1 aromatic carbocycles. The molecule has 0 aliphatic heterocycles. The van der Waals surface area contributed by atoms with Crippen molar-refractivity contribution >= 4 is 35.7 Å². The molecule has 1 heterocycles. The first-order valence-corrected chi connectivity index (χ1v) is 8.67. The van der Waals surface area contributed by atoms with Crippen molar-refractivity contribution < 1.29 is 13.2 Å². The van der Waals surface area contributed by atoms with Gasteiger partial charge in [-0.15, -0.1) is 0 Å². The summed E-state index contributed by atoms with van der Waals surface area (Å²) in [6.07, 6.45) is 4.95. The Labute approximate surface area is 148 Å². The normalized spacial score (nSPS) is 15.6. The zero-order chi connectivity index (χ0) is 18.2. The van der Waals surface area contributed by atoms with Crippen LogP contribution in [0.2, 0.25) is 0 Å². The van der Waals surface area contributed by atoms with Gasteiger partial charge in [-0.2, -0.15) is 8.78 Å². The Morgan fingerprint density at radius 2 is 1.84 bits per heavy atom. The summed E-state index contributed by atoms with van der Waals surface area (Å²) < 4.78 is 44.1. The maximum Gasteiger partial charge on any atom is 0.348 e. The fourth-order valence-corrected chi connectivity index (χ4v) is 3.72. The Hall–Kier alpha value is -2.14. The zero-order valence-electron chi connectivity index (χ0n) is 13.9. The van der Waals surface area contributed by atoms with Crippen molar-refractivity contribution in [2.75, 3.05) is 0 Å². The van der Waals surface area contributed by atoms with E-state index in [0.717, 1.165) is 22.4 Å². The van der Waals surface area contributed by atoms with E-state index >= 15 is 0 Å². The van der Waals surface area contributed by atoms with Crippen molar-refractivity contribution in [1.29, 1.82) is 0 Å². The summed E-state index contributed by atoms with van der Waals surface area (Å²) in [7, 11) is 0. The molecule has 2 aromatic rings. The highest BCUT2D eigenvalue weighted by Gasteiger charge is 2.37. The van der Waals surface area contributed by atoms with Gasteiger partial charge in [0.15, 0.2) is 5.83 Å². The van der Waals surface area contributed by atoms with Crippen molar-refractivity contribution in [3.63, 3.8) is 0 Å². The maximum absolute atomic E-state index is 14.2. The quantitative estimate of drug-likeness (QED) is 0.735. The van der Waals surface area contributed by atoms with E-state index < -0.39 is 11.1 Å². The molecule has 1 aliphatic rings. The molecule has 0 atom stereocenters. The molecule has 0 N–H and O–H groups in total. The Morgan fingerprint density at radius 1 is 1.24 bits per heavy atom. The van der Waals surface area contributed by atoms with Crippen LogP contribution < -0.4 is 10.7 Å². The Kier molecular flexibility index (Phi) is 4.69. The highest BCUT2D eigenvalue weighted by Crippen LogP contribution is 2.44. The molecular weight excluding hydrogens is 343 g/mol. The maximum atomic E-state index is 14.2. The molecule has 25 heavy (non-hydrogen) atoms. The first-order valence-electron chi connectivity index (χ1n) is 7.85. The van der Waals surface area contributed by atoms with Gasteiger partial charge in [-0.05, 0) is 31.2 Å². The van der Waals surface area contributed by atoms with Crippen LogP contribution in [0.5, 0.6) is 0 Å². The van der Waals surface area contributed by atoms with Crippen LogP contribution >= 0.6 is 11.8 Å². The van der Waals surface area contributed by atoms with Crippen molar-refractivity contribution in [1.82, 2.24) is 4.57 Å². The van der Waals surface area contributed by atoms with E-state index in [-0.39, 0.29) is 18.3 Å². The molecular formula is C20H18F3NS. The number of alkyl halides is 2. The van der Waals surface area contributed by atoms with E-state index in [4.69, 9.17) is 0 Å². The van der Waals surface area contributed by atoms with Crippen molar-refractivity contribution in [2.45, 2.75) is 25.1 Å². The number of allylic oxidation sites excluding steroid dienone is 4. The highest BCUT2D eigenvalue weighted by atomic mass is 32.2. The van der Waals surface area contributed by atoms with Gasteiger partial charge < -0.3 is 4.57 Å². The van der Waals surface area contributed by atoms with Crippen LogP contribution in [0.3, 0.4) is 0 Å². The average molecular weight is 361 g/mol. The lowest BCUT2D eigenvalue weighted by Crippen LogP contribution is -2.25.